The molecule has 0 spiro atoms. The lowest BCUT2D eigenvalue weighted by atomic mass is 10.0. The molecular formula is C16H14N4O. The molecule has 1 aliphatic carbocycles. The maximum absolute atomic E-state index is 5.90. The minimum absolute atomic E-state index is 0.198. The minimum atomic E-state index is 0.198. The molecule has 0 saturated heterocycles. The van der Waals surface area contributed by atoms with E-state index in [0.29, 0.717) is 23.1 Å². The lowest BCUT2D eigenvalue weighted by Crippen LogP contribution is -1.99. The highest BCUT2D eigenvalue weighted by Crippen LogP contribution is 2.37. The molecule has 0 amide bonds. The van der Waals surface area contributed by atoms with Gasteiger partial charge in [0.05, 0.1) is 5.69 Å². The van der Waals surface area contributed by atoms with Crippen LogP contribution in [-0.4, -0.2) is 15.1 Å². The molecule has 2 N–H and O–H groups in total. The van der Waals surface area contributed by atoms with E-state index in [0.717, 1.165) is 12.8 Å². The van der Waals surface area contributed by atoms with Crippen molar-refractivity contribution >= 4 is 5.69 Å². The topological polar surface area (TPSA) is 77.8 Å². The maximum atomic E-state index is 5.90. The number of nitrogens with zero attached hydrogens (tertiary/aromatic N) is 3. The van der Waals surface area contributed by atoms with Crippen LogP contribution in [0.3, 0.4) is 0 Å². The van der Waals surface area contributed by atoms with E-state index in [9.17, 15) is 0 Å². The predicted molar refractivity (Wildman–Crippen MR) is 78.5 cm³/mol. The van der Waals surface area contributed by atoms with Gasteiger partial charge in [-0.2, -0.15) is 4.98 Å². The van der Waals surface area contributed by atoms with E-state index in [1.54, 1.807) is 18.3 Å². The van der Waals surface area contributed by atoms with Crippen molar-refractivity contribution in [3.8, 4) is 11.6 Å². The van der Waals surface area contributed by atoms with Crippen molar-refractivity contribution in [1.29, 1.82) is 0 Å². The Labute approximate surface area is 121 Å². The Morgan fingerprint density at radius 2 is 2.05 bits per heavy atom. The van der Waals surface area contributed by atoms with E-state index in [1.807, 2.05) is 0 Å². The van der Waals surface area contributed by atoms with Gasteiger partial charge in [0.2, 0.25) is 0 Å². The van der Waals surface area contributed by atoms with Gasteiger partial charge in [0.15, 0.2) is 11.5 Å². The van der Waals surface area contributed by atoms with Gasteiger partial charge in [-0.05, 0) is 36.1 Å². The third kappa shape index (κ3) is 1.98. The van der Waals surface area contributed by atoms with E-state index in [2.05, 4.69) is 39.4 Å². The number of benzene rings is 1. The predicted octanol–water partition coefficient (Wildman–Crippen LogP) is 2.79. The number of fused-ring (bicyclic) bond motifs is 1. The summed E-state index contributed by atoms with van der Waals surface area (Å²) in [4.78, 5) is 8.71. The average molecular weight is 278 g/mol. The van der Waals surface area contributed by atoms with Gasteiger partial charge in [-0.25, -0.2) is 4.98 Å². The Bertz CT molecular complexity index is 796. The van der Waals surface area contributed by atoms with Gasteiger partial charge in [0.1, 0.15) is 0 Å². The Hall–Kier alpha value is -2.69. The number of hydrogen-bond acceptors (Lipinski definition) is 5. The number of anilines is 1. The number of rotatable bonds is 2. The second kappa shape index (κ2) is 4.70. The molecule has 1 aromatic carbocycles. The fourth-order valence-corrected chi connectivity index (χ4v) is 2.89. The summed E-state index contributed by atoms with van der Waals surface area (Å²) in [6, 6.07) is 12.0. The quantitative estimate of drug-likeness (QED) is 0.779. The zero-order chi connectivity index (χ0) is 14.2. The molecule has 4 rings (SSSR count). The van der Waals surface area contributed by atoms with Crippen molar-refractivity contribution in [2.45, 2.75) is 18.8 Å². The summed E-state index contributed by atoms with van der Waals surface area (Å²) in [7, 11) is 0. The fourth-order valence-electron chi connectivity index (χ4n) is 2.89. The molecule has 0 saturated carbocycles. The van der Waals surface area contributed by atoms with Gasteiger partial charge in [-0.15, -0.1) is 0 Å². The van der Waals surface area contributed by atoms with Crippen molar-refractivity contribution < 1.29 is 4.52 Å². The third-order valence-corrected chi connectivity index (χ3v) is 3.93. The van der Waals surface area contributed by atoms with Crippen LogP contribution in [0.25, 0.3) is 11.6 Å². The van der Waals surface area contributed by atoms with Gasteiger partial charge in [-0.1, -0.05) is 29.4 Å². The standard InChI is InChI=1S/C16H14N4O/c17-13-6-3-9-18-14(13)16-19-15(20-21-16)12-8-7-10-4-1-2-5-11(10)12/h1-6,9,12H,7-8,17H2. The molecule has 0 aliphatic heterocycles. The second-order valence-corrected chi connectivity index (χ2v) is 5.19. The van der Waals surface area contributed by atoms with Crippen LogP contribution in [0.5, 0.6) is 0 Å². The number of nitrogens with two attached hydrogens (primary N) is 1. The first-order chi connectivity index (χ1) is 10.3. The Kier molecular flexibility index (Phi) is 2.70. The van der Waals surface area contributed by atoms with Crippen molar-refractivity contribution in [2.75, 3.05) is 5.73 Å². The molecule has 1 aliphatic rings. The Morgan fingerprint density at radius 3 is 2.95 bits per heavy atom. The van der Waals surface area contributed by atoms with E-state index in [1.165, 1.54) is 11.1 Å². The molecule has 0 bridgehead atoms. The number of nitrogen functional groups attached to an aromatic ring is 1. The summed E-state index contributed by atoms with van der Waals surface area (Å²) in [6.45, 7) is 0. The third-order valence-electron chi connectivity index (χ3n) is 3.93. The highest BCUT2D eigenvalue weighted by molar-refractivity contribution is 5.65. The van der Waals surface area contributed by atoms with E-state index >= 15 is 0 Å². The smallest absolute Gasteiger partial charge is 0.278 e. The van der Waals surface area contributed by atoms with Crippen LogP contribution in [0.15, 0.2) is 47.1 Å². The van der Waals surface area contributed by atoms with Crippen LogP contribution >= 0.6 is 0 Å². The van der Waals surface area contributed by atoms with Crippen LogP contribution in [0.1, 0.15) is 29.3 Å². The molecule has 3 aromatic rings. The Balaban J connectivity index is 1.72. The summed E-state index contributed by atoms with van der Waals surface area (Å²) >= 11 is 0. The number of aryl methyl sites for hydroxylation is 1. The van der Waals surface area contributed by atoms with Gasteiger partial charge in [0.25, 0.3) is 5.89 Å². The normalized spacial score (nSPS) is 16.9. The van der Waals surface area contributed by atoms with E-state index in [-0.39, 0.29) is 5.92 Å². The molecule has 2 aromatic heterocycles. The van der Waals surface area contributed by atoms with Crippen molar-refractivity contribution in [2.24, 2.45) is 0 Å². The maximum Gasteiger partial charge on any atom is 0.278 e. The molecule has 5 nitrogen and oxygen atoms in total. The molecule has 5 heteroatoms. The monoisotopic (exact) mass is 278 g/mol. The summed E-state index contributed by atoms with van der Waals surface area (Å²) in [5, 5.41) is 4.13. The van der Waals surface area contributed by atoms with E-state index in [4.69, 9.17) is 10.3 Å². The first-order valence-corrected chi connectivity index (χ1v) is 6.95. The largest absolute Gasteiger partial charge is 0.397 e. The van der Waals surface area contributed by atoms with Crippen LogP contribution in [-0.2, 0) is 6.42 Å². The molecule has 104 valence electrons. The first kappa shape index (κ1) is 12.1. The lowest BCUT2D eigenvalue weighted by molar-refractivity contribution is 0.418. The number of pyridine rings is 1. The summed E-state index contributed by atoms with van der Waals surface area (Å²) in [6.07, 6.45) is 3.73. The van der Waals surface area contributed by atoms with Crippen LogP contribution in [0.2, 0.25) is 0 Å². The fraction of sp³-hybridized carbons (Fsp3) is 0.188. The molecular weight excluding hydrogens is 264 g/mol. The molecule has 1 atom stereocenters. The number of hydrogen-bond donors (Lipinski definition) is 1. The van der Waals surface area contributed by atoms with Gasteiger partial charge < -0.3 is 10.3 Å². The molecule has 1 unspecified atom stereocenters. The van der Waals surface area contributed by atoms with Gasteiger partial charge in [0, 0.05) is 12.1 Å². The Morgan fingerprint density at radius 1 is 1.14 bits per heavy atom. The summed E-state index contributed by atoms with van der Waals surface area (Å²) in [5.74, 6) is 1.29. The van der Waals surface area contributed by atoms with Crippen LogP contribution < -0.4 is 5.73 Å². The minimum Gasteiger partial charge on any atom is -0.397 e. The summed E-state index contributed by atoms with van der Waals surface area (Å²) < 4.78 is 5.36. The van der Waals surface area contributed by atoms with E-state index < -0.39 is 0 Å². The lowest BCUT2D eigenvalue weighted by Gasteiger charge is -2.05. The zero-order valence-corrected chi connectivity index (χ0v) is 11.4. The SMILES string of the molecule is Nc1cccnc1-c1nc(C2CCc3ccccc32)no1. The molecule has 2 heterocycles. The highest BCUT2D eigenvalue weighted by Gasteiger charge is 2.28. The van der Waals surface area contributed by atoms with Crippen molar-refractivity contribution in [1.82, 2.24) is 15.1 Å². The molecule has 0 radical (unpaired) electrons. The summed E-state index contributed by atoms with van der Waals surface area (Å²) in [5.41, 5.74) is 9.64. The van der Waals surface area contributed by atoms with Gasteiger partial charge in [-0.3, -0.25) is 0 Å². The van der Waals surface area contributed by atoms with Crippen LogP contribution in [0, 0.1) is 0 Å². The average Bonchev–Trinajstić information content (AvgIpc) is 3.14. The molecule has 21 heavy (non-hydrogen) atoms. The first-order valence-electron chi connectivity index (χ1n) is 6.95. The number of aromatic nitrogens is 3. The van der Waals surface area contributed by atoms with Crippen molar-refractivity contribution in [3.05, 3.63) is 59.5 Å². The highest BCUT2D eigenvalue weighted by atomic mass is 16.5. The molecule has 0 fully saturated rings. The van der Waals surface area contributed by atoms with Gasteiger partial charge >= 0.3 is 0 Å². The van der Waals surface area contributed by atoms with Crippen LogP contribution in [0.4, 0.5) is 5.69 Å². The second-order valence-electron chi connectivity index (χ2n) is 5.19. The zero-order valence-electron chi connectivity index (χ0n) is 11.4. The van der Waals surface area contributed by atoms with Crippen molar-refractivity contribution in [3.63, 3.8) is 0 Å².